The van der Waals surface area contributed by atoms with E-state index in [-0.39, 0.29) is 18.0 Å². The zero-order valence-electron chi connectivity index (χ0n) is 11.2. The Balaban J connectivity index is 0.00000324. The van der Waals surface area contributed by atoms with Crippen molar-refractivity contribution in [3.8, 4) is 0 Å². The first-order valence-electron chi connectivity index (χ1n) is 6.13. The molecule has 0 amide bonds. The van der Waals surface area contributed by atoms with Crippen molar-refractivity contribution in [1.82, 2.24) is 0 Å². The minimum atomic E-state index is -1.90. The van der Waals surface area contributed by atoms with E-state index in [4.69, 9.17) is 5.73 Å². The van der Waals surface area contributed by atoms with Crippen molar-refractivity contribution in [2.75, 3.05) is 0 Å². The van der Waals surface area contributed by atoms with Gasteiger partial charge in [-0.05, 0) is 18.8 Å². The Morgan fingerprint density at radius 2 is 1.89 bits per heavy atom. The number of hydrogen-bond acceptors (Lipinski definition) is 4. The van der Waals surface area contributed by atoms with Crippen LogP contribution in [0.25, 0.3) is 0 Å². The highest BCUT2D eigenvalue weighted by Crippen LogP contribution is 2.25. The molecule has 0 aliphatic carbocycles. The molecule has 0 bridgehead atoms. The Morgan fingerprint density at radius 1 is 1.32 bits per heavy atom. The van der Waals surface area contributed by atoms with Gasteiger partial charge in [0.2, 0.25) is 0 Å². The molecule has 2 atom stereocenters. The highest BCUT2D eigenvalue weighted by molar-refractivity contribution is 5.85. The van der Waals surface area contributed by atoms with Gasteiger partial charge in [-0.1, -0.05) is 38.1 Å². The first-order chi connectivity index (χ1) is 8.39. The fourth-order valence-electron chi connectivity index (χ4n) is 1.86. The van der Waals surface area contributed by atoms with Crippen LogP contribution in [0, 0.1) is 5.92 Å². The molecule has 0 spiro atoms. The number of aliphatic hydroxyl groups excluding tert-OH is 1. The third-order valence-corrected chi connectivity index (χ3v) is 3.04. The molecule has 108 valence electrons. The minimum absolute atomic E-state index is 0. The molecule has 19 heavy (non-hydrogen) atoms. The van der Waals surface area contributed by atoms with Crippen molar-refractivity contribution in [1.29, 1.82) is 0 Å². The van der Waals surface area contributed by atoms with Gasteiger partial charge in [0.25, 0.3) is 0 Å². The van der Waals surface area contributed by atoms with Crippen molar-refractivity contribution in [3.05, 3.63) is 35.4 Å². The molecule has 1 rings (SSSR count). The molecule has 0 aromatic heterocycles. The van der Waals surface area contributed by atoms with E-state index in [0.717, 1.165) is 6.42 Å². The molecule has 4 N–H and O–H groups in total. The standard InChI is InChI=1S/C14H21NO3.ClH/c1-10(2)7-8-13(17)14(15,18)12-6-4-3-5-11(12)9-16;/h3-6,9-10,13,17-18H,7-8,15H2,1-2H3;1H/t13-,14-;/m1./s1. The average Bonchev–Trinajstić information content (AvgIpc) is 2.35. The summed E-state index contributed by atoms with van der Waals surface area (Å²) in [5.41, 5.74) is 4.45. The van der Waals surface area contributed by atoms with Crippen molar-refractivity contribution in [2.24, 2.45) is 11.7 Å². The van der Waals surface area contributed by atoms with Crippen LogP contribution in [0.15, 0.2) is 24.3 Å². The van der Waals surface area contributed by atoms with Gasteiger partial charge in [0.15, 0.2) is 5.72 Å². The molecular formula is C14H22ClNO3. The molecule has 4 nitrogen and oxygen atoms in total. The molecule has 1 aromatic carbocycles. The van der Waals surface area contributed by atoms with E-state index in [9.17, 15) is 15.0 Å². The van der Waals surface area contributed by atoms with Crippen molar-refractivity contribution >= 4 is 18.7 Å². The predicted octanol–water partition coefficient (Wildman–Crippen LogP) is 1.82. The van der Waals surface area contributed by atoms with Crippen molar-refractivity contribution in [2.45, 2.75) is 38.5 Å². The zero-order chi connectivity index (χ0) is 13.8. The molecule has 0 unspecified atom stereocenters. The lowest BCUT2D eigenvalue weighted by atomic mass is 9.90. The molecule has 0 aliphatic heterocycles. The van der Waals surface area contributed by atoms with Crippen LogP contribution in [0.2, 0.25) is 0 Å². The molecular weight excluding hydrogens is 266 g/mol. The maximum absolute atomic E-state index is 10.9. The summed E-state index contributed by atoms with van der Waals surface area (Å²) in [6.07, 6.45) is 0.672. The smallest absolute Gasteiger partial charge is 0.166 e. The van der Waals surface area contributed by atoms with Crippen LogP contribution in [0.1, 0.15) is 42.6 Å². The number of benzene rings is 1. The van der Waals surface area contributed by atoms with Crippen LogP contribution in [-0.2, 0) is 5.72 Å². The number of carbonyl (C=O) groups excluding carboxylic acids is 1. The summed E-state index contributed by atoms with van der Waals surface area (Å²) in [6.45, 7) is 4.06. The summed E-state index contributed by atoms with van der Waals surface area (Å²) in [5.74, 6) is 0.414. The maximum Gasteiger partial charge on any atom is 0.166 e. The van der Waals surface area contributed by atoms with Crippen LogP contribution in [-0.4, -0.2) is 22.6 Å². The van der Waals surface area contributed by atoms with E-state index in [1.54, 1.807) is 24.3 Å². The molecule has 0 saturated carbocycles. The summed E-state index contributed by atoms with van der Waals surface area (Å²) < 4.78 is 0. The molecule has 0 fully saturated rings. The van der Waals surface area contributed by atoms with Gasteiger partial charge >= 0.3 is 0 Å². The van der Waals surface area contributed by atoms with E-state index in [1.807, 2.05) is 13.8 Å². The second kappa shape index (κ2) is 7.60. The minimum Gasteiger partial charge on any atom is -0.388 e. The Labute approximate surface area is 120 Å². The SMILES string of the molecule is CC(C)CC[C@@H](O)[C@](N)(O)c1ccccc1C=O.Cl. The highest BCUT2D eigenvalue weighted by Gasteiger charge is 2.34. The predicted molar refractivity (Wildman–Crippen MR) is 77.2 cm³/mol. The lowest BCUT2D eigenvalue weighted by molar-refractivity contribution is -0.0814. The summed E-state index contributed by atoms with van der Waals surface area (Å²) >= 11 is 0. The van der Waals surface area contributed by atoms with Gasteiger partial charge in [-0.2, -0.15) is 0 Å². The largest absolute Gasteiger partial charge is 0.388 e. The van der Waals surface area contributed by atoms with E-state index < -0.39 is 11.8 Å². The van der Waals surface area contributed by atoms with Crippen molar-refractivity contribution in [3.63, 3.8) is 0 Å². The first kappa shape index (κ1) is 18.1. The van der Waals surface area contributed by atoms with Crippen LogP contribution in [0.4, 0.5) is 0 Å². The number of nitrogens with two attached hydrogens (primary N) is 1. The van der Waals surface area contributed by atoms with Crippen LogP contribution in [0.5, 0.6) is 0 Å². The second-order valence-corrected chi connectivity index (χ2v) is 5.02. The first-order valence-corrected chi connectivity index (χ1v) is 6.13. The summed E-state index contributed by atoms with van der Waals surface area (Å²) in [7, 11) is 0. The Hall–Kier alpha value is -0.940. The van der Waals surface area contributed by atoms with Gasteiger partial charge in [0.05, 0.1) is 0 Å². The second-order valence-electron chi connectivity index (χ2n) is 5.02. The lowest BCUT2D eigenvalue weighted by Gasteiger charge is -2.30. The molecule has 0 aliphatic rings. The van der Waals surface area contributed by atoms with Gasteiger partial charge in [0, 0.05) is 11.1 Å². The molecule has 1 aromatic rings. The van der Waals surface area contributed by atoms with Gasteiger partial charge in [-0.3, -0.25) is 10.5 Å². The molecule has 5 heteroatoms. The monoisotopic (exact) mass is 287 g/mol. The average molecular weight is 288 g/mol. The van der Waals surface area contributed by atoms with Gasteiger partial charge in [-0.25, -0.2) is 0 Å². The van der Waals surface area contributed by atoms with E-state index >= 15 is 0 Å². The van der Waals surface area contributed by atoms with Crippen molar-refractivity contribution < 1.29 is 15.0 Å². The van der Waals surface area contributed by atoms with Crippen LogP contribution >= 0.6 is 12.4 Å². The van der Waals surface area contributed by atoms with E-state index in [1.165, 1.54) is 0 Å². The fraction of sp³-hybridized carbons (Fsp3) is 0.500. The van der Waals surface area contributed by atoms with Gasteiger partial charge in [-0.15, -0.1) is 12.4 Å². The number of aldehydes is 1. The van der Waals surface area contributed by atoms with E-state index in [2.05, 4.69) is 0 Å². The molecule has 0 saturated heterocycles. The fourth-order valence-corrected chi connectivity index (χ4v) is 1.86. The Morgan fingerprint density at radius 3 is 2.42 bits per heavy atom. The number of carbonyl (C=O) groups is 1. The zero-order valence-corrected chi connectivity index (χ0v) is 12.1. The molecule has 0 heterocycles. The van der Waals surface area contributed by atoms with Gasteiger partial charge < -0.3 is 10.2 Å². The van der Waals surface area contributed by atoms with Crippen LogP contribution < -0.4 is 5.73 Å². The van der Waals surface area contributed by atoms with E-state index in [0.29, 0.717) is 24.2 Å². The Kier molecular flexibility index (Phi) is 7.23. The highest BCUT2D eigenvalue weighted by atomic mass is 35.5. The third kappa shape index (κ3) is 4.58. The Bertz CT molecular complexity index is 407. The summed E-state index contributed by atoms with van der Waals surface area (Å²) in [4.78, 5) is 10.9. The topological polar surface area (TPSA) is 83.6 Å². The number of aliphatic hydroxyl groups is 2. The summed E-state index contributed by atoms with van der Waals surface area (Å²) in [6, 6.07) is 6.48. The van der Waals surface area contributed by atoms with Crippen LogP contribution in [0.3, 0.4) is 0 Å². The number of hydrogen-bond donors (Lipinski definition) is 3. The normalized spacial score (nSPS) is 15.5. The van der Waals surface area contributed by atoms with Gasteiger partial charge in [0.1, 0.15) is 12.4 Å². The number of rotatable bonds is 6. The molecule has 0 radical (unpaired) electrons. The number of halogens is 1. The summed E-state index contributed by atoms with van der Waals surface area (Å²) in [5, 5.41) is 20.3. The maximum atomic E-state index is 10.9. The third-order valence-electron chi connectivity index (χ3n) is 3.04. The quantitative estimate of drug-likeness (QED) is 0.550. The lowest BCUT2D eigenvalue weighted by Crippen LogP contribution is -2.48.